The van der Waals surface area contributed by atoms with Crippen molar-refractivity contribution in [3.8, 4) is 5.75 Å². The molecule has 1 aromatic carbocycles. The Balaban J connectivity index is 2.40. The summed E-state index contributed by atoms with van der Waals surface area (Å²) in [6.07, 6.45) is 0.642. The van der Waals surface area contributed by atoms with Crippen LogP contribution in [0.1, 0.15) is 22.3 Å². The van der Waals surface area contributed by atoms with Crippen molar-refractivity contribution < 1.29 is 19.1 Å². The zero-order valence-corrected chi connectivity index (χ0v) is 10.9. The van der Waals surface area contributed by atoms with Gasteiger partial charge in [-0.25, -0.2) is 0 Å². The zero-order chi connectivity index (χ0) is 13.3. The molecule has 18 heavy (non-hydrogen) atoms. The van der Waals surface area contributed by atoms with Gasteiger partial charge >= 0.3 is 5.97 Å². The summed E-state index contributed by atoms with van der Waals surface area (Å²) in [4.78, 5) is 23.5. The minimum absolute atomic E-state index is 0.0868. The van der Waals surface area contributed by atoms with Crippen molar-refractivity contribution in [3.05, 3.63) is 28.3 Å². The number of hydrogen-bond donors (Lipinski definition) is 0. The second-order valence-corrected chi connectivity index (χ2v) is 4.60. The fraction of sp³-hybridized carbons (Fsp3) is 0.385. The number of ether oxygens (including phenoxy) is 2. The Hall–Kier alpha value is -1.55. The standard InChI is InChI=1S/C13H13ClO4/c1-17-12-5-7-3-8(13(16)18-2)4-11(15)9(7)6-10(12)14/h5-6,8H,3-4H2,1-2H3. The number of esters is 1. The molecule has 0 amide bonds. The quantitative estimate of drug-likeness (QED) is 0.772. The molecule has 4 nitrogen and oxygen atoms in total. The number of carbonyl (C=O) groups is 2. The van der Waals surface area contributed by atoms with Crippen molar-refractivity contribution in [1.82, 2.24) is 0 Å². The fourth-order valence-electron chi connectivity index (χ4n) is 2.19. The minimum atomic E-state index is -0.416. The highest BCUT2D eigenvalue weighted by Crippen LogP contribution is 2.34. The summed E-state index contributed by atoms with van der Waals surface area (Å²) in [5.41, 5.74) is 1.35. The number of benzene rings is 1. The van der Waals surface area contributed by atoms with E-state index in [1.165, 1.54) is 14.2 Å². The van der Waals surface area contributed by atoms with Crippen LogP contribution >= 0.6 is 11.6 Å². The smallest absolute Gasteiger partial charge is 0.309 e. The molecule has 0 radical (unpaired) electrons. The number of ketones is 1. The summed E-state index contributed by atoms with van der Waals surface area (Å²) >= 11 is 5.98. The van der Waals surface area contributed by atoms with Crippen molar-refractivity contribution in [2.24, 2.45) is 5.92 Å². The van der Waals surface area contributed by atoms with Crippen LogP contribution in [0.5, 0.6) is 5.75 Å². The highest BCUT2D eigenvalue weighted by atomic mass is 35.5. The second-order valence-electron chi connectivity index (χ2n) is 4.20. The van der Waals surface area contributed by atoms with Crippen molar-refractivity contribution >= 4 is 23.4 Å². The first-order valence-corrected chi connectivity index (χ1v) is 5.92. The molecule has 0 saturated carbocycles. The number of Topliss-reactive ketones (excluding diaryl/α,β-unsaturated/α-hetero) is 1. The SMILES string of the molecule is COC(=O)C1CC(=O)c2cc(Cl)c(OC)cc2C1. The van der Waals surface area contributed by atoms with Gasteiger partial charge in [-0.1, -0.05) is 11.6 Å². The van der Waals surface area contributed by atoms with Crippen molar-refractivity contribution in [2.75, 3.05) is 14.2 Å². The molecule has 0 aromatic heterocycles. The first kappa shape index (κ1) is 12.9. The van der Waals surface area contributed by atoms with Gasteiger partial charge in [0, 0.05) is 12.0 Å². The van der Waals surface area contributed by atoms with Crippen LogP contribution in [0.3, 0.4) is 0 Å². The number of fused-ring (bicyclic) bond motifs is 1. The summed E-state index contributed by atoms with van der Waals surface area (Å²) in [5.74, 6) is -0.353. The van der Waals surface area contributed by atoms with Gasteiger partial charge in [0.15, 0.2) is 5.78 Å². The fourth-order valence-corrected chi connectivity index (χ4v) is 2.43. The molecule has 1 aliphatic carbocycles. The summed E-state index contributed by atoms with van der Waals surface area (Å²) in [7, 11) is 2.83. The molecule has 1 atom stereocenters. The van der Waals surface area contributed by atoms with E-state index < -0.39 is 5.92 Å². The van der Waals surface area contributed by atoms with Crippen molar-refractivity contribution in [1.29, 1.82) is 0 Å². The van der Waals surface area contributed by atoms with Crippen LogP contribution in [0.15, 0.2) is 12.1 Å². The van der Waals surface area contributed by atoms with E-state index in [9.17, 15) is 9.59 Å². The Morgan fingerprint density at radius 1 is 1.33 bits per heavy atom. The van der Waals surface area contributed by atoms with Crippen LogP contribution in [0.4, 0.5) is 0 Å². The topological polar surface area (TPSA) is 52.6 Å². The normalized spacial score (nSPS) is 18.2. The molecule has 5 heteroatoms. The first-order chi connectivity index (χ1) is 8.56. The maximum absolute atomic E-state index is 12.0. The van der Waals surface area contributed by atoms with Gasteiger partial charge in [0.2, 0.25) is 0 Å². The molecule has 0 bridgehead atoms. The van der Waals surface area contributed by atoms with Crippen LogP contribution < -0.4 is 4.74 Å². The molecule has 0 N–H and O–H groups in total. The maximum Gasteiger partial charge on any atom is 0.309 e. The highest BCUT2D eigenvalue weighted by molar-refractivity contribution is 6.32. The van der Waals surface area contributed by atoms with E-state index >= 15 is 0 Å². The van der Waals surface area contributed by atoms with E-state index in [2.05, 4.69) is 4.74 Å². The third kappa shape index (κ3) is 2.20. The molecule has 1 aliphatic rings. The van der Waals surface area contributed by atoms with Gasteiger partial charge in [-0.3, -0.25) is 9.59 Å². The largest absolute Gasteiger partial charge is 0.495 e. The van der Waals surface area contributed by atoms with E-state index in [0.29, 0.717) is 22.8 Å². The number of halogens is 1. The van der Waals surface area contributed by atoms with E-state index in [0.717, 1.165) is 5.56 Å². The van der Waals surface area contributed by atoms with Gasteiger partial charge in [-0.2, -0.15) is 0 Å². The van der Waals surface area contributed by atoms with Gasteiger partial charge in [0.25, 0.3) is 0 Å². The monoisotopic (exact) mass is 268 g/mol. The lowest BCUT2D eigenvalue weighted by atomic mass is 9.83. The Morgan fingerprint density at radius 2 is 2.06 bits per heavy atom. The number of rotatable bonds is 2. The minimum Gasteiger partial charge on any atom is -0.495 e. The third-order valence-electron chi connectivity index (χ3n) is 3.11. The number of carbonyl (C=O) groups excluding carboxylic acids is 2. The molecular weight excluding hydrogens is 256 g/mol. The Bertz CT molecular complexity index is 510. The van der Waals surface area contributed by atoms with Crippen LogP contribution in [-0.4, -0.2) is 26.0 Å². The summed E-state index contributed by atoms with van der Waals surface area (Å²) in [6, 6.07) is 3.32. The average molecular weight is 269 g/mol. The lowest BCUT2D eigenvalue weighted by molar-refractivity contribution is -0.145. The summed E-state index contributed by atoms with van der Waals surface area (Å²) in [6.45, 7) is 0. The number of methoxy groups -OCH3 is 2. The van der Waals surface area contributed by atoms with Gasteiger partial charge in [-0.15, -0.1) is 0 Å². The van der Waals surface area contributed by atoms with Crippen molar-refractivity contribution in [3.63, 3.8) is 0 Å². The number of hydrogen-bond acceptors (Lipinski definition) is 4. The van der Waals surface area contributed by atoms with Crippen LogP contribution in [0, 0.1) is 5.92 Å². The molecule has 96 valence electrons. The molecule has 1 aromatic rings. The molecule has 0 fully saturated rings. The van der Waals surface area contributed by atoms with E-state index in [1.54, 1.807) is 12.1 Å². The predicted octanol–water partition coefficient (Wildman–Crippen LogP) is 2.27. The molecule has 0 heterocycles. The zero-order valence-electron chi connectivity index (χ0n) is 10.2. The predicted molar refractivity (Wildman–Crippen MR) is 66.2 cm³/mol. The van der Waals surface area contributed by atoms with Gasteiger partial charge in [0.05, 0.1) is 25.2 Å². The Labute approximate surface area is 110 Å². The molecule has 0 saturated heterocycles. The van der Waals surface area contributed by atoms with Crippen molar-refractivity contribution in [2.45, 2.75) is 12.8 Å². The molecule has 0 aliphatic heterocycles. The van der Waals surface area contributed by atoms with Gasteiger partial charge in [0.1, 0.15) is 5.75 Å². The summed E-state index contributed by atoms with van der Waals surface area (Å²) in [5, 5.41) is 0.404. The van der Waals surface area contributed by atoms with Crippen LogP contribution in [0.2, 0.25) is 5.02 Å². The Morgan fingerprint density at radius 3 is 2.67 bits per heavy atom. The highest BCUT2D eigenvalue weighted by Gasteiger charge is 2.31. The van der Waals surface area contributed by atoms with Crippen LogP contribution in [-0.2, 0) is 16.0 Å². The molecule has 2 rings (SSSR count). The van der Waals surface area contributed by atoms with Gasteiger partial charge in [-0.05, 0) is 24.1 Å². The average Bonchev–Trinajstić information content (AvgIpc) is 2.37. The molecule has 1 unspecified atom stereocenters. The van der Waals surface area contributed by atoms with Gasteiger partial charge < -0.3 is 9.47 Å². The van der Waals surface area contributed by atoms with Crippen LogP contribution in [0.25, 0.3) is 0 Å². The maximum atomic E-state index is 12.0. The second kappa shape index (κ2) is 4.98. The lowest BCUT2D eigenvalue weighted by Gasteiger charge is -2.22. The van der Waals surface area contributed by atoms with E-state index in [1.807, 2.05) is 0 Å². The lowest BCUT2D eigenvalue weighted by Crippen LogP contribution is -2.27. The Kier molecular flexibility index (Phi) is 3.57. The molecular formula is C13H13ClO4. The first-order valence-electron chi connectivity index (χ1n) is 5.54. The van der Waals surface area contributed by atoms with E-state index in [4.69, 9.17) is 16.3 Å². The third-order valence-corrected chi connectivity index (χ3v) is 3.41. The molecule has 0 spiro atoms. The van der Waals surface area contributed by atoms with E-state index in [-0.39, 0.29) is 18.2 Å². The summed E-state index contributed by atoms with van der Waals surface area (Å²) < 4.78 is 9.79.